The number of rotatable bonds is 6. The van der Waals surface area contributed by atoms with Crippen molar-refractivity contribution in [3.05, 3.63) is 88.2 Å². The lowest BCUT2D eigenvalue weighted by atomic mass is 10.2. The Morgan fingerprint density at radius 2 is 1.81 bits per heavy atom. The molecule has 0 aliphatic carbocycles. The maximum absolute atomic E-state index is 14.1. The number of benzene rings is 3. The van der Waals surface area contributed by atoms with Gasteiger partial charge in [-0.05, 0) is 42.5 Å². The van der Waals surface area contributed by atoms with Gasteiger partial charge in [0.05, 0.1) is 30.8 Å². The van der Waals surface area contributed by atoms with E-state index in [-0.39, 0.29) is 16.9 Å². The van der Waals surface area contributed by atoms with Gasteiger partial charge in [-0.2, -0.15) is 0 Å². The van der Waals surface area contributed by atoms with E-state index in [2.05, 4.69) is 4.98 Å². The van der Waals surface area contributed by atoms with Crippen molar-refractivity contribution >= 4 is 22.7 Å². The number of ether oxygens (including phenoxy) is 2. The Kier molecular flexibility index (Phi) is 5.90. The molecule has 0 saturated carbocycles. The van der Waals surface area contributed by atoms with Crippen LogP contribution in [0.25, 0.3) is 16.6 Å². The summed E-state index contributed by atoms with van der Waals surface area (Å²) in [6, 6.07) is 15.3. The molecule has 0 N–H and O–H groups in total. The van der Waals surface area contributed by atoms with E-state index in [4.69, 9.17) is 9.47 Å². The quantitative estimate of drug-likeness (QED) is 0.313. The fraction of sp³-hybridized carbons (Fsp3) is 0.130. The molecule has 0 amide bonds. The highest BCUT2D eigenvalue weighted by Crippen LogP contribution is 2.32. The molecule has 1 aromatic heterocycles. The Balaban J connectivity index is 1.88. The third-order valence-electron chi connectivity index (χ3n) is 4.74. The van der Waals surface area contributed by atoms with E-state index in [9.17, 15) is 13.6 Å². The van der Waals surface area contributed by atoms with Crippen LogP contribution in [0.15, 0.2) is 70.6 Å². The predicted molar refractivity (Wildman–Crippen MR) is 116 cm³/mol. The first-order chi connectivity index (χ1) is 15.0. The van der Waals surface area contributed by atoms with Crippen molar-refractivity contribution < 1.29 is 18.3 Å². The molecule has 0 aliphatic heterocycles. The van der Waals surface area contributed by atoms with Gasteiger partial charge in [-0.3, -0.25) is 9.36 Å². The largest absolute Gasteiger partial charge is 0.497 e. The van der Waals surface area contributed by atoms with E-state index in [1.807, 2.05) is 0 Å². The number of aromatic nitrogens is 2. The van der Waals surface area contributed by atoms with Crippen molar-refractivity contribution in [2.45, 2.75) is 10.9 Å². The van der Waals surface area contributed by atoms with E-state index in [0.29, 0.717) is 33.2 Å². The number of fused-ring (bicyclic) bond motifs is 1. The molecule has 0 atom stereocenters. The van der Waals surface area contributed by atoms with E-state index < -0.39 is 11.6 Å². The lowest BCUT2D eigenvalue weighted by molar-refractivity contribution is 0.392. The van der Waals surface area contributed by atoms with Crippen LogP contribution in [-0.4, -0.2) is 23.8 Å². The van der Waals surface area contributed by atoms with Crippen LogP contribution in [0, 0.1) is 11.6 Å². The molecular formula is C23H18F2N2O3S. The Labute approximate surface area is 181 Å². The summed E-state index contributed by atoms with van der Waals surface area (Å²) in [7, 11) is 3.03. The van der Waals surface area contributed by atoms with Crippen LogP contribution in [0.5, 0.6) is 11.5 Å². The van der Waals surface area contributed by atoms with Crippen LogP contribution in [-0.2, 0) is 5.75 Å². The zero-order valence-electron chi connectivity index (χ0n) is 16.8. The smallest absolute Gasteiger partial charge is 0.266 e. The summed E-state index contributed by atoms with van der Waals surface area (Å²) in [5, 5.41) is 0.762. The third-order valence-corrected chi connectivity index (χ3v) is 5.72. The van der Waals surface area contributed by atoms with Gasteiger partial charge >= 0.3 is 0 Å². The van der Waals surface area contributed by atoms with Gasteiger partial charge in [0, 0.05) is 17.4 Å². The van der Waals surface area contributed by atoms with Crippen LogP contribution in [0.1, 0.15) is 5.56 Å². The molecule has 1 heterocycles. The molecule has 0 saturated heterocycles. The Bertz CT molecular complexity index is 1320. The van der Waals surface area contributed by atoms with Crippen molar-refractivity contribution in [2.24, 2.45) is 0 Å². The Morgan fingerprint density at radius 3 is 2.58 bits per heavy atom. The molecule has 3 aromatic carbocycles. The molecule has 158 valence electrons. The predicted octanol–water partition coefficient (Wildman–Crippen LogP) is 4.97. The van der Waals surface area contributed by atoms with Crippen LogP contribution >= 0.6 is 11.8 Å². The molecule has 5 nitrogen and oxygen atoms in total. The van der Waals surface area contributed by atoms with Crippen LogP contribution in [0.2, 0.25) is 0 Å². The minimum absolute atomic E-state index is 0.0901. The lowest BCUT2D eigenvalue weighted by Crippen LogP contribution is -2.22. The van der Waals surface area contributed by atoms with Crippen molar-refractivity contribution in [3.63, 3.8) is 0 Å². The molecule has 31 heavy (non-hydrogen) atoms. The first-order valence-electron chi connectivity index (χ1n) is 9.32. The first-order valence-corrected chi connectivity index (χ1v) is 10.3. The summed E-state index contributed by atoms with van der Waals surface area (Å²) in [6.45, 7) is 0. The number of halogens is 2. The Morgan fingerprint density at radius 1 is 1.00 bits per heavy atom. The molecular weight excluding hydrogens is 422 g/mol. The number of hydrogen-bond donors (Lipinski definition) is 0. The summed E-state index contributed by atoms with van der Waals surface area (Å²) in [4.78, 5) is 18.0. The van der Waals surface area contributed by atoms with Crippen molar-refractivity contribution in [3.8, 4) is 17.2 Å². The highest BCUT2D eigenvalue weighted by Gasteiger charge is 2.18. The number of thioether (sulfide) groups is 1. The summed E-state index contributed by atoms with van der Waals surface area (Å²) in [5.41, 5.74) is 0.865. The maximum atomic E-state index is 14.1. The molecule has 4 rings (SSSR count). The maximum Gasteiger partial charge on any atom is 0.266 e. The summed E-state index contributed by atoms with van der Waals surface area (Å²) in [6.07, 6.45) is 0. The van der Waals surface area contributed by atoms with Crippen LogP contribution in [0.3, 0.4) is 0 Å². The van der Waals surface area contributed by atoms with Gasteiger partial charge in [0.25, 0.3) is 5.56 Å². The van der Waals surface area contributed by atoms with Gasteiger partial charge in [0.1, 0.15) is 23.1 Å². The lowest BCUT2D eigenvalue weighted by Gasteiger charge is -2.16. The zero-order chi connectivity index (χ0) is 22.0. The normalized spacial score (nSPS) is 11.0. The average molecular weight is 440 g/mol. The summed E-state index contributed by atoms with van der Waals surface area (Å²) < 4.78 is 39.8. The number of methoxy groups -OCH3 is 2. The van der Waals surface area contributed by atoms with Gasteiger partial charge in [-0.25, -0.2) is 13.8 Å². The Hall–Kier alpha value is -3.39. The topological polar surface area (TPSA) is 53.4 Å². The van der Waals surface area contributed by atoms with E-state index in [1.54, 1.807) is 42.5 Å². The zero-order valence-corrected chi connectivity index (χ0v) is 17.6. The van der Waals surface area contributed by atoms with Crippen molar-refractivity contribution in [1.82, 2.24) is 9.55 Å². The third kappa shape index (κ3) is 4.11. The molecule has 0 bridgehead atoms. The second-order valence-corrected chi connectivity index (χ2v) is 7.56. The van der Waals surface area contributed by atoms with Crippen molar-refractivity contribution in [2.75, 3.05) is 14.2 Å². The second-order valence-electron chi connectivity index (χ2n) is 6.61. The standard InChI is InChI=1S/C23H18F2N2O3S/c1-29-16-8-10-20(21(12-16)30-2)27-22(28)17-5-3-4-6-19(17)26-23(27)31-13-14-11-15(24)7-9-18(14)25/h3-12H,13H2,1-2H3. The number of hydrogen-bond acceptors (Lipinski definition) is 5. The van der Waals surface area contributed by atoms with E-state index >= 15 is 0 Å². The SMILES string of the molecule is COc1ccc(-n2c(SCc3cc(F)ccc3F)nc3ccccc3c2=O)c(OC)c1. The molecule has 0 unspecified atom stereocenters. The molecule has 0 fully saturated rings. The second kappa shape index (κ2) is 8.77. The molecule has 0 spiro atoms. The molecule has 8 heteroatoms. The molecule has 0 radical (unpaired) electrons. The van der Waals surface area contributed by atoms with Crippen LogP contribution in [0.4, 0.5) is 8.78 Å². The van der Waals surface area contributed by atoms with Gasteiger partial charge in [0.2, 0.25) is 0 Å². The minimum Gasteiger partial charge on any atom is -0.497 e. The van der Waals surface area contributed by atoms with Gasteiger partial charge in [-0.1, -0.05) is 23.9 Å². The molecule has 4 aromatic rings. The monoisotopic (exact) mass is 440 g/mol. The minimum atomic E-state index is -0.530. The fourth-order valence-electron chi connectivity index (χ4n) is 3.19. The number of nitrogens with zero attached hydrogens (tertiary/aromatic N) is 2. The van der Waals surface area contributed by atoms with Crippen molar-refractivity contribution in [1.29, 1.82) is 0 Å². The highest BCUT2D eigenvalue weighted by atomic mass is 32.2. The van der Waals surface area contributed by atoms with Crippen LogP contribution < -0.4 is 15.0 Å². The highest BCUT2D eigenvalue weighted by molar-refractivity contribution is 7.98. The summed E-state index contributed by atoms with van der Waals surface area (Å²) >= 11 is 1.13. The van der Waals surface area contributed by atoms with Gasteiger partial charge in [-0.15, -0.1) is 0 Å². The van der Waals surface area contributed by atoms with E-state index in [1.165, 1.54) is 18.8 Å². The fourth-order valence-corrected chi connectivity index (χ4v) is 4.17. The molecule has 0 aliphatic rings. The summed E-state index contributed by atoms with van der Waals surface area (Å²) in [5.74, 6) is 0.0198. The van der Waals surface area contributed by atoms with Gasteiger partial charge < -0.3 is 9.47 Å². The number of para-hydroxylation sites is 1. The average Bonchev–Trinajstić information content (AvgIpc) is 2.79. The first kappa shape index (κ1) is 20.9. The van der Waals surface area contributed by atoms with Gasteiger partial charge in [0.15, 0.2) is 5.16 Å². The van der Waals surface area contributed by atoms with E-state index in [0.717, 1.165) is 30.0 Å².